The number of nitrogens with zero attached hydrogens (tertiary/aromatic N) is 2. The van der Waals surface area contributed by atoms with E-state index < -0.39 is 5.54 Å². The van der Waals surface area contributed by atoms with Crippen molar-refractivity contribution < 1.29 is 8.91 Å². The van der Waals surface area contributed by atoms with E-state index in [2.05, 4.69) is 10.1 Å². The van der Waals surface area contributed by atoms with Gasteiger partial charge in [0, 0.05) is 0 Å². The summed E-state index contributed by atoms with van der Waals surface area (Å²) in [5.74, 6) is 0.389. The molecule has 0 atom stereocenters. The highest BCUT2D eigenvalue weighted by atomic mass is 19.1. The van der Waals surface area contributed by atoms with E-state index in [1.54, 1.807) is 25.1 Å². The average molecular weight is 289 g/mol. The van der Waals surface area contributed by atoms with Crippen molar-refractivity contribution in [3.63, 3.8) is 0 Å². The molecule has 1 fully saturated rings. The Morgan fingerprint density at radius 2 is 1.90 bits per heavy atom. The Hall–Kier alpha value is -1.75. The maximum absolute atomic E-state index is 14.1. The van der Waals surface area contributed by atoms with Crippen molar-refractivity contribution in [2.24, 2.45) is 5.73 Å². The zero-order valence-electron chi connectivity index (χ0n) is 12.2. The lowest BCUT2D eigenvalue weighted by molar-refractivity contribution is 0.334. The van der Waals surface area contributed by atoms with Gasteiger partial charge in [-0.3, -0.25) is 0 Å². The topological polar surface area (TPSA) is 64.9 Å². The van der Waals surface area contributed by atoms with Crippen molar-refractivity contribution in [2.45, 2.75) is 51.0 Å². The molecule has 0 aliphatic heterocycles. The van der Waals surface area contributed by atoms with Gasteiger partial charge >= 0.3 is 0 Å². The second kappa shape index (κ2) is 5.56. The van der Waals surface area contributed by atoms with Crippen LogP contribution in [0, 0.1) is 12.7 Å². The summed E-state index contributed by atoms with van der Waals surface area (Å²) in [6.45, 7) is 1.71. The Bertz CT molecular complexity index is 630. The SMILES string of the molecule is Cc1cccc(-c2nc(C3(N)CCCCCC3)no2)c1F. The van der Waals surface area contributed by atoms with Crippen molar-refractivity contribution in [3.8, 4) is 11.5 Å². The van der Waals surface area contributed by atoms with Crippen LogP contribution in [-0.2, 0) is 5.54 Å². The molecule has 1 saturated carbocycles. The highest BCUT2D eigenvalue weighted by molar-refractivity contribution is 5.55. The third-order valence-corrected chi connectivity index (χ3v) is 4.29. The van der Waals surface area contributed by atoms with Crippen molar-refractivity contribution in [1.29, 1.82) is 0 Å². The number of hydrogen-bond donors (Lipinski definition) is 1. The van der Waals surface area contributed by atoms with E-state index in [0.717, 1.165) is 25.7 Å². The monoisotopic (exact) mass is 289 g/mol. The lowest BCUT2D eigenvalue weighted by Crippen LogP contribution is -2.37. The predicted molar refractivity (Wildman–Crippen MR) is 78.0 cm³/mol. The fourth-order valence-corrected chi connectivity index (χ4v) is 2.93. The summed E-state index contributed by atoms with van der Waals surface area (Å²) in [7, 11) is 0. The largest absolute Gasteiger partial charge is 0.334 e. The third kappa shape index (κ3) is 2.70. The molecule has 1 aromatic heterocycles. The Kier molecular flexibility index (Phi) is 3.76. The maximum atomic E-state index is 14.1. The van der Waals surface area contributed by atoms with Gasteiger partial charge in [0.2, 0.25) is 0 Å². The van der Waals surface area contributed by atoms with Crippen molar-refractivity contribution in [3.05, 3.63) is 35.4 Å². The number of halogens is 1. The lowest BCUT2D eigenvalue weighted by atomic mass is 9.91. The first-order valence-electron chi connectivity index (χ1n) is 7.49. The second-order valence-electron chi connectivity index (χ2n) is 5.93. The number of rotatable bonds is 2. The van der Waals surface area contributed by atoms with Crippen molar-refractivity contribution >= 4 is 0 Å². The van der Waals surface area contributed by atoms with Gasteiger partial charge in [0.25, 0.3) is 5.89 Å². The summed E-state index contributed by atoms with van der Waals surface area (Å²) in [5.41, 5.74) is 6.82. The van der Waals surface area contributed by atoms with Gasteiger partial charge in [0.15, 0.2) is 5.82 Å². The highest BCUT2D eigenvalue weighted by Crippen LogP contribution is 2.33. The molecule has 1 aliphatic carbocycles. The fraction of sp³-hybridized carbons (Fsp3) is 0.500. The standard InChI is InChI=1S/C16H20FN3O/c1-11-7-6-8-12(13(11)17)14-19-15(20-21-14)16(18)9-4-2-3-5-10-16/h6-8H,2-5,9-10,18H2,1H3. The van der Waals surface area contributed by atoms with Crippen LogP contribution in [0.5, 0.6) is 0 Å². The molecule has 0 amide bonds. The smallest absolute Gasteiger partial charge is 0.260 e. The summed E-state index contributed by atoms with van der Waals surface area (Å²) in [6.07, 6.45) is 6.22. The Labute approximate surface area is 123 Å². The molecule has 0 unspecified atom stereocenters. The zero-order chi connectivity index (χ0) is 14.9. The first kappa shape index (κ1) is 14.2. The van der Waals surface area contributed by atoms with Crippen LogP contribution in [0.25, 0.3) is 11.5 Å². The molecular weight excluding hydrogens is 269 g/mol. The predicted octanol–water partition coefficient (Wildman–Crippen LogP) is 3.69. The summed E-state index contributed by atoms with van der Waals surface area (Å²) in [5, 5.41) is 4.02. The number of aryl methyl sites for hydroxylation is 1. The summed E-state index contributed by atoms with van der Waals surface area (Å²) >= 11 is 0. The quantitative estimate of drug-likeness (QED) is 0.856. The molecule has 0 radical (unpaired) electrons. The first-order chi connectivity index (χ1) is 10.1. The molecule has 112 valence electrons. The van der Waals surface area contributed by atoms with E-state index in [1.807, 2.05) is 0 Å². The Morgan fingerprint density at radius 3 is 2.62 bits per heavy atom. The van der Waals surface area contributed by atoms with Crippen LogP contribution in [0.4, 0.5) is 4.39 Å². The van der Waals surface area contributed by atoms with E-state index in [-0.39, 0.29) is 11.7 Å². The summed E-state index contributed by atoms with van der Waals surface area (Å²) < 4.78 is 19.4. The van der Waals surface area contributed by atoms with Crippen LogP contribution in [-0.4, -0.2) is 10.1 Å². The van der Waals surface area contributed by atoms with Gasteiger partial charge in [0.05, 0.1) is 11.1 Å². The molecule has 0 saturated heterocycles. The normalized spacial score (nSPS) is 18.4. The fourth-order valence-electron chi connectivity index (χ4n) is 2.93. The van der Waals surface area contributed by atoms with Crippen LogP contribution < -0.4 is 5.73 Å². The van der Waals surface area contributed by atoms with Gasteiger partial charge < -0.3 is 10.3 Å². The van der Waals surface area contributed by atoms with Gasteiger partial charge in [-0.15, -0.1) is 0 Å². The minimum atomic E-state index is -0.543. The number of benzene rings is 1. The number of aromatic nitrogens is 2. The lowest BCUT2D eigenvalue weighted by Gasteiger charge is -2.23. The third-order valence-electron chi connectivity index (χ3n) is 4.29. The molecule has 2 N–H and O–H groups in total. The zero-order valence-corrected chi connectivity index (χ0v) is 12.2. The summed E-state index contributed by atoms with van der Waals surface area (Å²) in [6, 6.07) is 5.14. The molecule has 1 heterocycles. The molecule has 21 heavy (non-hydrogen) atoms. The van der Waals surface area contributed by atoms with Crippen molar-refractivity contribution in [1.82, 2.24) is 10.1 Å². The Morgan fingerprint density at radius 1 is 1.19 bits per heavy atom. The molecule has 1 aliphatic rings. The first-order valence-corrected chi connectivity index (χ1v) is 7.49. The van der Waals surface area contributed by atoms with Crippen LogP contribution in [0.2, 0.25) is 0 Å². The minimum absolute atomic E-state index is 0.209. The van der Waals surface area contributed by atoms with Gasteiger partial charge in [0.1, 0.15) is 5.82 Å². The molecule has 1 aromatic carbocycles. The molecule has 5 heteroatoms. The summed E-state index contributed by atoms with van der Waals surface area (Å²) in [4.78, 5) is 4.38. The van der Waals surface area contributed by atoms with Crippen LogP contribution >= 0.6 is 0 Å². The van der Waals surface area contributed by atoms with E-state index in [1.165, 1.54) is 12.8 Å². The number of nitrogens with two attached hydrogens (primary N) is 1. The molecule has 3 rings (SSSR count). The molecule has 2 aromatic rings. The molecule has 0 bridgehead atoms. The second-order valence-corrected chi connectivity index (χ2v) is 5.93. The van der Waals surface area contributed by atoms with E-state index in [0.29, 0.717) is 17.0 Å². The van der Waals surface area contributed by atoms with Gasteiger partial charge in [-0.05, 0) is 31.4 Å². The highest BCUT2D eigenvalue weighted by Gasteiger charge is 2.33. The van der Waals surface area contributed by atoms with E-state index in [9.17, 15) is 4.39 Å². The molecule has 4 nitrogen and oxygen atoms in total. The van der Waals surface area contributed by atoms with Crippen LogP contribution in [0.1, 0.15) is 49.9 Å². The minimum Gasteiger partial charge on any atom is -0.334 e. The Balaban J connectivity index is 1.94. The van der Waals surface area contributed by atoms with Gasteiger partial charge in [-0.2, -0.15) is 4.98 Å². The van der Waals surface area contributed by atoms with Crippen LogP contribution in [0.3, 0.4) is 0 Å². The average Bonchev–Trinajstić information content (AvgIpc) is 2.86. The molecular formula is C16H20FN3O. The van der Waals surface area contributed by atoms with E-state index in [4.69, 9.17) is 10.3 Å². The molecule has 0 spiro atoms. The number of hydrogen-bond acceptors (Lipinski definition) is 4. The van der Waals surface area contributed by atoms with Gasteiger partial charge in [-0.1, -0.05) is 43.0 Å². The van der Waals surface area contributed by atoms with Gasteiger partial charge in [-0.25, -0.2) is 4.39 Å². The maximum Gasteiger partial charge on any atom is 0.260 e. The van der Waals surface area contributed by atoms with E-state index >= 15 is 0 Å². The van der Waals surface area contributed by atoms with Crippen LogP contribution in [0.15, 0.2) is 22.7 Å². The van der Waals surface area contributed by atoms with Crippen molar-refractivity contribution in [2.75, 3.05) is 0 Å².